The molecule has 4 nitrogen and oxygen atoms in total. The van der Waals surface area contributed by atoms with Crippen LogP contribution in [0.4, 0.5) is 0 Å². The van der Waals surface area contributed by atoms with Gasteiger partial charge in [0.2, 0.25) is 0 Å². The van der Waals surface area contributed by atoms with E-state index in [9.17, 15) is 5.11 Å². The number of ether oxygens (including phenoxy) is 1. The Kier molecular flexibility index (Phi) is 6.49. The lowest BCUT2D eigenvalue weighted by Crippen LogP contribution is -2.32. The molecular formula is C20H25Cl2NO3. The Labute approximate surface area is 164 Å². The van der Waals surface area contributed by atoms with Crippen molar-refractivity contribution >= 4 is 28.9 Å². The van der Waals surface area contributed by atoms with Gasteiger partial charge < -0.3 is 14.7 Å². The first-order valence-corrected chi connectivity index (χ1v) is 10.0. The zero-order chi connectivity index (χ0) is 18.7. The van der Waals surface area contributed by atoms with Crippen LogP contribution in [-0.4, -0.2) is 29.4 Å². The van der Waals surface area contributed by atoms with Gasteiger partial charge in [-0.3, -0.25) is 0 Å². The Morgan fingerprint density at radius 3 is 2.58 bits per heavy atom. The molecule has 1 fully saturated rings. The Bertz CT molecular complexity index is 679. The third-order valence-electron chi connectivity index (χ3n) is 5.05. The standard InChI is InChI=1S/C20H25Cl2NO3/c1-3-18(24)13-6-8-15(9-7-13)25-11-17-19(16(10-21)12(2)22)23-26-20(17)14-4-5-14/h6-9,14,17-18,20,24H,3-5,10-11H2,1-2H3/b16-12-. The number of nitrogens with zero attached hydrogens (tertiary/aromatic N) is 1. The SMILES string of the molecule is CCC(O)c1ccc(OCC2C(/C(CCl)=C(/C)Cl)=NOC2C2CC2)cc1. The molecule has 1 aliphatic heterocycles. The van der Waals surface area contributed by atoms with Crippen LogP contribution in [0.5, 0.6) is 5.75 Å². The molecule has 1 aliphatic carbocycles. The molecule has 2 aliphatic rings. The molecule has 142 valence electrons. The summed E-state index contributed by atoms with van der Waals surface area (Å²) in [6.45, 7) is 4.23. The topological polar surface area (TPSA) is 51.0 Å². The van der Waals surface area contributed by atoms with Gasteiger partial charge in [-0.1, -0.05) is 35.8 Å². The number of aliphatic hydroxyl groups excluding tert-OH is 1. The van der Waals surface area contributed by atoms with E-state index in [0.717, 1.165) is 35.4 Å². The fourth-order valence-corrected chi connectivity index (χ4v) is 3.82. The van der Waals surface area contributed by atoms with Crippen LogP contribution in [0.2, 0.25) is 0 Å². The molecule has 0 aromatic heterocycles. The van der Waals surface area contributed by atoms with Gasteiger partial charge in [0.15, 0.2) is 0 Å². The lowest BCUT2D eigenvalue weighted by molar-refractivity contribution is 0.0340. The first-order valence-electron chi connectivity index (χ1n) is 9.11. The first kappa shape index (κ1) is 19.5. The maximum Gasteiger partial charge on any atom is 0.142 e. The highest BCUT2D eigenvalue weighted by atomic mass is 35.5. The van der Waals surface area contributed by atoms with Crippen molar-refractivity contribution in [2.24, 2.45) is 17.0 Å². The van der Waals surface area contributed by atoms with E-state index >= 15 is 0 Å². The van der Waals surface area contributed by atoms with E-state index in [1.54, 1.807) is 0 Å². The molecule has 1 aromatic rings. The molecule has 1 saturated carbocycles. The minimum atomic E-state index is -0.437. The zero-order valence-electron chi connectivity index (χ0n) is 15.1. The van der Waals surface area contributed by atoms with Gasteiger partial charge in [-0.2, -0.15) is 0 Å². The summed E-state index contributed by atoms with van der Waals surface area (Å²) < 4.78 is 6.02. The van der Waals surface area contributed by atoms with Gasteiger partial charge in [-0.25, -0.2) is 0 Å². The van der Waals surface area contributed by atoms with Crippen LogP contribution in [0, 0.1) is 11.8 Å². The monoisotopic (exact) mass is 397 g/mol. The average molecular weight is 398 g/mol. The van der Waals surface area contributed by atoms with Crippen molar-refractivity contribution in [1.82, 2.24) is 0 Å². The van der Waals surface area contributed by atoms with E-state index in [2.05, 4.69) is 5.16 Å². The lowest BCUT2D eigenvalue weighted by atomic mass is 9.91. The number of rotatable bonds is 8. The van der Waals surface area contributed by atoms with Crippen molar-refractivity contribution in [2.75, 3.05) is 12.5 Å². The van der Waals surface area contributed by atoms with E-state index < -0.39 is 6.10 Å². The van der Waals surface area contributed by atoms with Crippen LogP contribution in [0.15, 0.2) is 40.0 Å². The highest BCUT2D eigenvalue weighted by Crippen LogP contribution is 2.42. The van der Waals surface area contributed by atoms with Crippen LogP contribution in [0.1, 0.15) is 44.8 Å². The number of hydrogen-bond donors (Lipinski definition) is 1. The second-order valence-electron chi connectivity index (χ2n) is 6.94. The summed E-state index contributed by atoms with van der Waals surface area (Å²) in [4.78, 5) is 5.71. The minimum absolute atomic E-state index is 0.0193. The maximum atomic E-state index is 9.90. The van der Waals surface area contributed by atoms with Crippen molar-refractivity contribution in [3.63, 3.8) is 0 Å². The molecule has 26 heavy (non-hydrogen) atoms. The number of alkyl halides is 1. The van der Waals surface area contributed by atoms with Crippen molar-refractivity contribution in [2.45, 2.75) is 45.3 Å². The van der Waals surface area contributed by atoms with Gasteiger partial charge in [0.25, 0.3) is 0 Å². The van der Waals surface area contributed by atoms with E-state index in [4.69, 9.17) is 32.8 Å². The smallest absolute Gasteiger partial charge is 0.142 e. The van der Waals surface area contributed by atoms with E-state index in [1.807, 2.05) is 38.1 Å². The summed E-state index contributed by atoms with van der Waals surface area (Å²) in [7, 11) is 0. The molecule has 3 rings (SSSR count). The Morgan fingerprint density at radius 1 is 1.35 bits per heavy atom. The summed E-state index contributed by atoms with van der Waals surface area (Å²) >= 11 is 12.3. The molecule has 1 N–H and O–H groups in total. The van der Waals surface area contributed by atoms with Gasteiger partial charge in [0.1, 0.15) is 18.5 Å². The number of allylic oxidation sites excluding steroid dienone is 2. The van der Waals surface area contributed by atoms with E-state index in [-0.39, 0.29) is 12.0 Å². The number of benzene rings is 1. The van der Waals surface area contributed by atoms with Crippen LogP contribution < -0.4 is 4.74 Å². The third kappa shape index (κ3) is 4.36. The van der Waals surface area contributed by atoms with Gasteiger partial charge in [-0.15, -0.1) is 11.6 Å². The van der Waals surface area contributed by atoms with E-state index in [1.165, 1.54) is 0 Å². The molecule has 3 unspecified atom stereocenters. The number of halogens is 2. The van der Waals surface area contributed by atoms with Crippen molar-refractivity contribution in [1.29, 1.82) is 0 Å². The number of aliphatic hydroxyl groups is 1. The fraction of sp³-hybridized carbons (Fsp3) is 0.550. The molecule has 0 spiro atoms. The summed E-state index contributed by atoms with van der Waals surface area (Å²) in [5.74, 6) is 1.61. The summed E-state index contributed by atoms with van der Waals surface area (Å²) in [6, 6.07) is 7.57. The zero-order valence-corrected chi connectivity index (χ0v) is 16.6. The van der Waals surface area contributed by atoms with E-state index in [0.29, 0.717) is 29.9 Å². The van der Waals surface area contributed by atoms with Crippen LogP contribution >= 0.6 is 23.2 Å². The molecule has 1 aromatic carbocycles. The molecule has 0 saturated heterocycles. The molecule has 0 amide bonds. The quantitative estimate of drug-likeness (QED) is 0.624. The maximum absolute atomic E-state index is 9.90. The highest BCUT2D eigenvalue weighted by Gasteiger charge is 2.45. The Morgan fingerprint density at radius 2 is 2.04 bits per heavy atom. The van der Waals surface area contributed by atoms with Crippen LogP contribution in [-0.2, 0) is 4.84 Å². The molecule has 3 atom stereocenters. The third-order valence-corrected chi connectivity index (χ3v) is 5.54. The van der Waals surface area contributed by atoms with Crippen molar-refractivity contribution < 1.29 is 14.7 Å². The first-order chi connectivity index (χ1) is 12.5. The predicted octanol–water partition coefficient (Wildman–Crippen LogP) is 5.04. The lowest BCUT2D eigenvalue weighted by Gasteiger charge is -2.20. The largest absolute Gasteiger partial charge is 0.493 e. The fourth-order valence-electron chi connectivity index (χ4n) is 3.25. The van der Waals surface area contributed by atoms with Crippen molar-refractivity contribution in [3.8, 4) is 5.75 Å². The summed E-state index contributed by atoms with van der Waals surface area (Å²) in [5.41, 5.74) is 2.53. The normalized spacial score (nSPS) is 24.6. The van der Waals surface area contributed by atoms with Gasteiger partial charge in [0.05, 0.1) is 23.6 Å². The number of hydrogen-bond acceptors (Lipinski definition) is 4. The van der Waals surface area contributed by atoms with Gasteiger partial charge in [0, 0.05) is 10.6 Å². The van der Waals surface area contributed by atoms with Gasteiger partial charge in [-0.05, 0) is 49.8 Å². The molecule has 6 heteroatoms. The summed E-state index contributed by atoms with van der Waals surface area (Å²) in [6.07, 6.45) is 2.60. The number of oxime groups is 1. The highest BCUT2D eigenvalue weighted by molar-refractivity contribution is 6.34. The second kappa shape index (κ2) is 8.64. The molecule has 0 bridgehead atoms. The predicted molar refractivity (Wildman–Crippen MR) is 105 cm³/mol. The van der Waals surface area contributed by atoms with Crippen LogP contribution in [0.25, 0.3) is 0 Å². The Balaban J connectivity index is 1.70. The molecule has 1 heterocycles. The van der Waals surface area contributed by atoms with Crippen molar-refractivity contribution in [3.05, 3.63) is 40.4 Å². The minimum Gasteiger partial charge on any atom is -0.493 e. The van der Waals surface area contributed by atoms with Gasteiger partial charge >= 0.3 is 0 Å². The molecular weight excluding hydrogens is 373 g/mol. The Hall–Kier alpha value is -1.23. The summed E-state index contributed by atoms with van der Waals surface area (Å²) in [5, 5.41) is 14.8. The molecule has 0 radical (unpaired) electrons. The second-order valence-corrected chi connectivity index (χ2v) is 7.77. The average Bonchev–Trinajstić information content (AvgIpc) is 3.41. The van der Waals surface area contributed by atoms with Crippen LogP contribution in [0.3, 0.4) is 0 Å².